The number of nitrogens with one attached hydrogen (secondary N) is 2. The number of carboxylic acids is 1. The SMILES string of the molecule is CCC(CNC(=O)OCC1c2ccccc2-c2ccccc21)CC(=O)NC(CCN(C)C)C(=O)O. The molecule has 2 atom stereocenters. The maximum Gasteiger partial charge on any atom is 0.407 e. The van der Waals surface area contributed by atoms with Gasteiger partial charge in [-0.25, -0.2) is 9.59 Å². The summed E-state index contributed by atoms with van der Waals surface area (Å²) in [7, 11) is 3.70. The number of fused-ring (bicyclic) bond motifs is 3. The van der Waals surface area contributed by atoms with E-state index in [1.165, 1.54) is 11.1 Å². The highest BCUT2D eigenvalue weighted by Gasteiger charge is 2.29. The van der Waals surface area contributed by atoms with Crippen LogP contribution in [0.15, 0.2) is 48.5 Å². The van der Waals surface area contributed by atoms with Crippen molar-refractivity contribution in [2.24, 2.45) is 5.92 Å². The second-order valence-corrected chi connectivity index (χ2v) is 9.24. The van der Waals surface area contributed by atoms with Crippen molar-refractivity contribution < 1.29 is 24.2 Å². The number of hydrogen-bond acceptors (Lipinski definition) is 5. The number of ether oxygens (including phenoxy) is 1. The van der Waals surface area contributed by atoms with Gasteiger partial charge >= 0.3 is 12.1 Å². The van der Waals surface area contributed by atoms with Crippen LogP contribution in [-0.2, 0) is 14.3 Å². The van der Waals surface area contributed by atoms with Gasteiger partial charge in [-0.05, 0) is 48.7 Å². The van der Waals surface area contributed by atoms with Gasteiger partial charge in [0.1, 0.15) is 12.6 Å². The lowest BCUT2D eigenvalue weighted by molar-refractivity contribution is -0.142. The van der Waals surface area contributed by atoms with E-state index in [0.717, 1.165) is 11.1 Å². The third-order valence-corrected chi connectivity index (χ3v) is 6.43. The van der Waals surface area contributed by atoms with Crippen LogP contribution in [0.4, 0.5) is 4.79 Å². The van der Waals surface area contributed by atoms with Gasteiger partial charge in [0.05, 0.1) is 0 Å². The van der Waals surface area contributed by atoms with E-state index in [1.807, 2.05) is 50.2 Å². The molecule has 8 nitrogen and oxygen atoms in total. The van der Waals surface area contributed by atoms with Crippen molar-refractivity contribution in [3.63, 3.8) is 0 Å². The molecule has 2 aromatic rings. The topological polar surface area (TPSA) is 108 Å². The van der Waals surface area contributed by atoms with E-state index in [9.17, 15) is 19.5 Å². The van der Waals surface area contributed by atoms with Crippen LogP contribution in [-0.4, -0.2) is 67.8 Å². The largest absolute Gasteiger partial charge is 0.480 e. The Labute approximate surface area is 206 Å². The van der Waals surface area contributed by atoms with E-state index < -0.39 is 18.1 Å². The standard InChI is InChI=1S/C27H35N3O5/c1-4-18(15-25(31)29-24(26(32)33)13-14-30(2)3)16-28-27(34)35-17-23-21-11-7-5-9-19(21)20-10-6-8-12-22(20)23/h5-12,18,23-24H,4,13-17H2,1-3H3,(H,28,34)(H,29,31)(H,32,33). The molecular formula is C27H35N3O5. The summed E-state index contributed by atoms with van der Waals surface area (Å²) in [6.07, 6.45) is 0.585. The Kier molecular flexibility index (Phi) is 9.25. The second kappa shape index (κ2) is 12.4. The quantitative estimate of drug-likeness (QED) is 0.429. The van der Waals surface area contributed by atoms with Crippen molar-refractivity contribution in [2.75, 3.05) is 33.8 Å². The maximum absolute atomic E-state index is 12.4. The number of amides is 2. The number of carbonyl (C=O) groups excluding carboxylic acids is 2. The molecule has 2 aromatic carbocycles. The smallest absolute Gasteiger partial charge is 0.407 e. The monoisotopic (exact) mass is 481 g/mol. The molecule has 0 saturated heterocycles. The van der Waals surface area contributed by atoms with Gasteiger partial charge in [0.15, 0.2) is 0 Å². The minimum atomic E-state index is -1.05. The first kappa shape index (κ1) is 26.2. The van der Waals surface area contributed by atoms with Crippen LogP contribution in [0.5, 0.6) is 0 Å². The predicted octanol–water partition coefficient (Wildman–Crippen LogP) is 3.46. The third-order valence-electron chi connectivity index (χ3n) is 6.43. The van der Waals surface area contributed by atoms with Gasteiger partial charge in [0, 0.05) is 25.4 Å². The second-order valence-electron chi connectivity index (χ2n) is 9.24. The Morgan fingerprint density at radius 1 is 1.03 bits per heavy atom. The molecule has 2 amide bonds. The summed E-state index contributed by atoms with van der Waals surface area (Å²) in [6, 6.07) is 15.4. The Hall–Kier alpha value is -3.39. The van der Waals surface area contributed by atoms with Gasteiger partial charge in [-0.15, -0.1) is 0 Å². The normalized spacial score (nSPS) is 14.1. The molecule has 0 fully saturated rings. The fourth-order valence-electron chi connectivity index (χ4n) is 4.40. The molecule has 2 unspecified atom stereocenters. The van der Waals surface area contributed by atoms with Gasteiger partial charge in [-0.1, -0.05) is 61.9 Å². The zero-order valence-corrected chi connectivity index (χ0v) is 20.6. The summed E-state index contributed by atoms with van der Waals surface area (Å²) >= 11 is 0. The van der Waals surface area contributed by atoms with Gasteiger partial charge in [-0.3, -0.25) is 4.79 Å². The third kappa shape index (κ3) is 7.05. The molecular weight excluding hydrogens is 446 g/mol. The molecule has 0 aliphatic heterocycles. The maximum atomic E-state index is 12.4. The highest BCUT2D eigenvalue weighted by atomic mass is 16.5. The number of alkyl carbamates (subject to hydrolysis) is 1. The Morgan fingerprint density at radius 3 is 2.17 bits per heavy atom. The Morgan fingerprint density at radius 2 is 1.63 bits per heavy atom. The van der Waals surface area contributed by atoms with Crippen LogP contribution >= 0.6 is 0 Å². The van der Waals surface area contributed by atoms with E-state index in [-0.39, 0.29) is 37.3 Å². The van der Waals surface area contributed by atoms with E-state index in [1.54, 1.807) is 0 Å². The zero-order valence-electron chi connectivity index (χ0n) is 20.6. The molecule has 1 aliphatic carbocycles. The molecule has 188 valence electrons. The van der Waals surface area contributed by atoms with Crippen molar-refractivity contribution in [3.05, 3.63) is 59.7 Å². The van der Waals surface area contributed by atoms with Crippen LogP contribution < -0.4 is 10.6 Å². The van der Waals surface area contributed by atoms with E-state index in [4.69, 9.17) is 4.74 Å². The van der Waals surface area contributed by atoms with Gasteiger partial charge in [0.25, 0.3) is 0 Å². The van der Waals surface area contributed by atoms with E-state index in [0.29, 0.717) is 19.4 Å². The summed E-state index contributed by atoms with van der Waals surface area (Å²) in [5, 5.41) is 14.7. The van der Waals surface area contributed by atoms with Gasteiger partial charge < -0.3 is 25.4 Å². The number of carbonyl (C=O) groups is 3. The average Bonchev–Trinajstić information content (AvgIpc) is 3.16. The first-order valence-electron chi connectivity index (χ1n) is 12.1. The highest BCUT2D eigenvalue weighted by molar-refractivity contribution is 5.83. The number of nitrogens with zero attached hydrogens (tertiary/aromatic N) is 1. The minimum absolute atomic E-state index is 0.0176. The summed E-state index contributed by atoms with van der Waals surface area (Å²) in [5.74, 6) is -1.53. The van der Waals surface area contributed by atoms with Crippen molar-refractivity contribution in [3.8, 4) is 11.1 Å². The molecule has 0 bridgehead atoms. The van der Waals surface area contributed by atoms with E-state index >= 15 is 0 Å². The van der Waals surface area contributed by atoms with Crippen LogP contribution in [0, 0.1) is 5.92 Å². The lowest BCUT2D eigenvalue weighted by Gasteiger charge is -2.20. The molecule has 0 spiro atoms. The van der Waals surface area contributed by atoms with Crippen LogP contribution in [0.3, 0.4) is 0 Å². The summed E-state index contributed by atoms with van der Waals surface area (Å²) in [5.41, 5.74) is 4.62. The predicted molar refractivity (Wildman–Crippen MR) is 134 cm³/mol. The first-order chi connectivity index (χ1) is 16.8. The molecule has 0 aromatic heterocycles. The van der Waals surface area contributed by atoms with Crippen LogP contribution in [0.1, 0.15) is 43.2 Å². The van der Waals surface area contributed by atoms with Crippen LogP contribution in [0.2, 0.25) is 0 Å². The molecule has 1 aliphatic rings. The lowest BCUT2D eigenvalue weighted by atomic mass is 9.98. The highest BCUT2D eigenvalue weighted by Crippen LogP contribution is 2.44. The first-order valence-corrected chi connectivity index (χ1v) is 12.1. The molecule has 8 heteroatoms. The Balaban J connectivity index is 1.48. The number of hydrogen-bond donors (Lipinski definition) is 3. The summed E-state index contributed by atoms with van der Waals surface area (Å²) in [6.45, 7) is 2.98. The average molecular weight is 482 g/mol. The van der Waals surface area contributed by atoms with Crippen molar-refractivity contribution in [1.29, 1.82) is 0 Å². The summed E-state index contributed by atoms with van der Waals surface area (Å²) < 4.78 is 5.56. The molecule has 35 heavy (non-hydrogen) atoms. The minimum Gasteiger partial charge on any atom is -0.480 e. The van der Waals surface area contributed by atoms with Crippen molar-refractivity contribution >= 4 is 18.0 Å². The fourth-order valence-corrected chi connectivity index (χ4v) is 4.40. The zero-order chi connectivity index (χ0) is 25.4. The number of aliphatic carboxylic acids is 1. The van der Waals surface area contributed by atoms with Gasteiger partial charge in [0.2, 0.25) is 5.91 Å². The fraction of sp³-hybridized carbons (Fsp3) is 0.444. The number of carboxylic acid groups (broad SMARTS) is 1. The molecule has 3 rings (SSSR count). The molecule has 0 heterocycles. The van der Waals surface area contributed by atoms with Gasteiger partial charge in [-0.2, -0.15) is 0 Å². The molecule has 3 N–H and O–H groups in total. The van der Waals surface area contributed by atoms with Crippen molar-refractivity contribution in [1.82, 2.24) is 15.5 Å². The van der Waals surface area contributed by atoms with E-state index in [2.05, 4.69) is 34.9 Å². The number of rotatable bonds is 12. The van der Waals surface area contributed by atoms with Crippen LogP contribution in [0.25, 0.3) is 11.1 Å². The molecule has 0 saturated carbocycles. The summed E-state index contributed by atoms with van der Waals surface area (Å²) in [4.78, 5) is 38.2. The molecule has 0 radical (unpaired) electrons. The number of benzene rings is 2. The lowest BCUT2D eigenvalue weighted by Crippen LogP contribution is -2.43. The van der Waals surface area contributed by atoms with Crippen molar-refractivity contribution in [2.45, 2.75) is 38.1 Å². The Bertz CT molecular complexity index is 993.